The number of likely N-dealkylation sites (tertiary alicyclic amines) is 1. The Morgan fingerprint density at radius 3 is 2.52 bits per heavy atom. The normalized spacial score (nSPS) is 26.8. The number of piperidine rings is 2. The fourth-order valence-corrected chi connectivity index (χ4v) is 4.84. The van der Waals surface area contributed by atoms with E-state index in [2.05, 4.69) is 31.2 Å². The van der Waals surface area contributed by atoms with Crippen LogP contribution in [0, 0.1) is 5.41 Å². The third-order valence-electron chi connectivity index (χ3n) is 6.73. The Labute approximate surface area is 150 Å². The lowest BCUT2D eigenvalue weighted by Gasteiger charge is -2.40. The fourth-order valence-electron chi connectivity index (χ4n) is 4.84. The van der Waals surface area contributed by atoms with Crippen LogP contribution in [0.2, 0.25) is 0 Å². The quantitative estimate of drug-likeness (QED) is 0.913. The minimum absolute atomic E-state index is 0.139. The number of hydroxylamine groups is 2. The highest BCUT2D eigenvalue weighted by atomic mass is 16.5. The van der Waals surface area contributed by atoms with Crippen LogP contribution in [0.25, 0.3) is 0 Å². The fraction of sp³-hybridized carbons (Fsp3) is 0.667. The first-order valence-corrected chi connectivity index (χ1v) is 9.94. The molecule has 0 radical (unpaired) electrons. The lowest BCUT2D eigenvalue weighted by molar-refractivity contribution is -0.180. The number of amides is 1. The minimum Gasteiger partial charge on any atom is -0.341 e. The van der Waals surface area contributed by atoms with Gasteiger partial charge in [0.15, 0.2) is 0 Å². The molecule has 2 saturated heterocycles. The average Bonchev–Trinajstić information content (AvgIpc) is 3.40. The Balaban J connectivity index is 1.36. The summed E-state index contributed by atoms with van der Waals surface area (Å²) in [6.45, 7) is 4.53. The molecule has 1 amide bonds. The lowest BCUT2D eigenvalue weighted by Crippen LogP contribution is -2.53. The van der Waals surface area contributed by atoms with Crippen molar-refractivity contribution in [3.63, 3.8) is 0 Å². The highest BCUT2D eigenvalue weighted by Crippen LogP contribution is 2.52. The summed E-state index contributed by atoms with van der Waals surface area (Å²) < 4.78 is 0. The van der Waals surface area contributed by atoms with Crippen molar-refractivity contribution < 1.29 is 10.0 Å². The van der Waals surface area contributed by atoms with Crippen molar-refractivity contribution >= 4 is 5.91 Å². The van der Waals surface area contributed by atoms with Gasteiger partial charge in [0.2, 0.25) is 5.91 Å². The van der Waals surface area contributed by atoms with Crippen LogP contribution < -0.4 is 0 Å². The van der Waals surface area contributed by atoms with E-state index in [1.54, 1.807) is 0 Å². The summed E-state index contributed by atoms with van der Waals surface area (Å²) in [5.74, 6) is 0.701. The Morgan fingerprint density at radius 2 is 1.88 bits per heavy atom. The Morgan fingerprint density at radius 1 is 1.16 bits per heavy atom. The van der Waals surface area contributed by atoms with E-state index in [-0.39, 0.29) is 11.9 Å². The maximum atomic E-state index is 12.9. The van der Waals surface area contributed by atoms with Crippen molar-refractivity contribution in [2.24, 2.45) is 5.41 Å². The van der Waals surface area contributed by atoms with Crippen molar-refractivity contribution in [2.45, 2.75) is 63.8 Å². The molecule has 25 heavy (non-hydrogen) atoms. The first-order chi connectivity index (χ1) is 12.1. The molecule has 1 aromatic carbocycles. The largest absolute Gasteiger partial charge is 0.341 e. The molecule has 136 valence electrons. The van der Waals surface area contributed by atoms with Gasteiger partial charge in [0, 0.05) is 19.6 Å². The number of carbonyl (C=O) groups is 1. The molecule has 1 spiro atoms. The molecule has 4 rings (SSSR count). The Kier molecular flexibility index (Phi) is 4.59. The highest BCUT2D eigenvalue weighted by Gasteiger charge is 2.49. The smallest absolute Gasteiger partial charge is 0.242 e. The van der Waals surface area contributed by atoms with Gasteiger partial charge in [-0.3, -0.25) is 4.79 Å². The SMILES string of the molecule is CCc1ccccc1C1CCN(C(=O)[C@@H]2CCC3(CC3)CN2O)CC1. The van der Waals surface area contributed by atoms with Gasteiger partial charge < -0.3 is 10.1 Å². The van der Waals surface area contributed by atoms with E-state index in [0.717, 1.165) is 45.2 Å². The summed E-state index contributed by atoms with van der Waals surface area (Å²) in [6.07, 6.45) is 7.48. The lowest BCUT2D eigenvalue weighted by atomic mass is 9.85. The minimum atomic E-state index is -0.314. The van der Waals surface area contributed by atoms with E-state index in [4.69, 9.17) is 0 Å². The van der Waals surface area contributed by atoms with Crippen LogP contribution in [0.1, 0.15) is 62.5 Å². The van der Waals surface area contributed by atoms with E-state index in [1.165, 1.54) is 29.0 Å². The van der Waals surface area contributed by atoms with Gasteiger partial charge in [-0.1, -0.05) is 31.2 Å². The number of carbonyl (C=O) groups excluding carboxylic acids is 1. The number of hydrogen-bond donors (Lipinski definition) is 1. The number of nitrogens with zero attached hydrogens (tertiary/aromatic N) is 2. The second-order valence-corrected chi connectivity index (χ2v) is 8.30. The molecule has 4 nitrogen and oxygen atoms in total. The average molecular weight is 342 g/mol. The molecule has 0 aromatic heterocycles. The maximum absolute atomic E-state index is 12.9. The predicted molar refractivity (Wildman–Crippen MR) is 97.6 cm³/mol. The first kappa shape index (κ1) is 17.0. The molecule has 0 bridgehead atoms. The van der Waals surface area contributed by atoms with Crippen LogP contribution in [0.5, 0.6) is 0 Å². The molecule has 1 N–H and O–H groups in total. The van der Waals surface area contributed by atoms with Gasteiger partial charge in [0.1, 0.15) is 6.04 Å². The topological polar surface area (TPSA) is 43.8 Å². The van der Waals surface area contributed by atoms with Gasteiger partial charge in [0.25, 0.3) is 0 Å². The van der Waals surface area contributed by atoms with Gasteiger partial charge in [-0.05, 0) is 67.4 Å². The molecule has 0 unspecified atom stereocenters. The van der Waals surface area contributed by atoms with Crippen molar-refractivity contribution in [2.75, 3.05) is 19.6 Å². The number of rotatable bonds is 3. The summed E-state index contributed by atoms with van der Waals surface area (Å²) in [4.78, 5) is 14.9. The molecule has 1 atom stereocenters. The van der Waals surface area contributed by atoms with E-state index in [1.807, 2.05) is 4.90 Å². The van der Waals surface area contributed by atoms with E-state index >= 15 is 0 Å². The second-order valence-electron chi connectivity index (χ2n) is 8.30. The molecule has 4 heteroatoms. The third-order valence-corrected chi connectivity index (χ3v) is 6.73. The van der Waals surface area contributed by atoms with Crippen molar-refractivity contribution in [1.29, 1.82) is 0 Å². The molecule has 3 aliphatic rings. The maximum Gasteiger partial charge on any atom is 0.242 e. The monoisotopic (exact) mass is 342 g/mol. The zero-order valence-electron chi connectivity index (χ0n) is 15.3. The standard InChI is InChI=1S/C21H30N2O2/c1-2-16-5-3-4-6-18(16)17-8-13-22(14-9-17)20(24)19-7-10-21(11-12-21)15-23(19)25/h3-6,17,19,25H,2,7-15H2,1H3/t19-/m0/s1. The van der Waals surface area contributed by atoms with Crippen LogP contribution >= 0.6 is 0 Å². The third kappa shape index (κ3) is 3.34. The van der Waals surface area contributed by atoms with E-state index in [0.29, 0.717) is 17.9 Å². The summed E-state index contributed by atoms with van der Waals surface area (Å²) in [5.41, 5.74) is 3.24. The van der Waals surface area contributed by atoms with Crippen LogP contribution in [-0.2, 0) is 11.2 Å². The Hall–Kier alpha value is -1.39. The van der Waals surface area contributed by atoms with Gasteiger partial charge >= 0.3 is 0 Å². The van der Waals surface area contributed by atoms with Crippen molar-refractivity contribution in [3.8, 4) is 0 Å². The zero-order chi connectivity index (χ0) is 17.4. The molecule has 2 heterocycles. The molecular formula is C21H30N2O2. The van der Waals surface area contributed by atoms with Gasteiger partial charge in [-0.2, -0.15) is 5.06 Å². The van der Waals surface area contributed by atoms with E-state index in [9.17, 15) is 10.0 Å². The van der Waals surface area contributed by atoms with E-state index < -0.39 is 0 Å². The first-order valence-electron chi connectivity index (χ1n) is 9.94. The summed E-state index contributed by atoms with van der Waals surface area (Å²) in [7, 11) is 0. The van der Waals surface area contributed by atoms with Crippen LogP contribution in [0.15, 0.2) is 24.3 Å². The Bertz CT molecular complexity index is 633. The van der Waals surface area contributed by atoms with Crippen LogP contribution in [0.4, 0.5) is 0 Å². The molecule has 1 saturated carbocycles. The molecule has 1 aliphatic carbocycles. The molecule has 2 aliphatic heterocycles. The van der Waals surface area contributed by atoms with Gasteiger partial charge in [0.05, 0.1) is 0 Å². The second kappa shape index (κ2) is 6.73. The van der Waals surface area contributed by atoms with Crippen molar-refractivity contribution in [3.05, 3.63) is 35.4 Å². The van der Waals surface area contributed by atoms with Crippen LogP contribution in [0.3, 0.4) is 0 Å². The van der Waals surface area contributed by atoms with Crippen LogP contribution in [-0.4, -0.2) is 46.8 Å². The molecule has 1 aromatic rings. The highest BCUT2D eigenvalue weighted by molar-refractivity contribution is 5.82. The summed E-state index contributed by atoms with van der Waals surface area (Å²) >= 11 is 0. The number of aryl methyl sites for hydroxylation is 1. The molecule has 3 fully saturated rings. The van der Waals surface area contributed by atoms with Gasteiger partial charge in [-0.15, -0.1) is 0 Å². The summed E-state index contributed by atoms with van der Waals surface area (Å²) in [6, 6.07) is 8.42. The summed E-state index contributed by atoms with van der Waals surface area (Å²) in [5, 5.41) is 11.7. The number of hydrogen-bond acceptors (Lipinski definition) is 3. The predicted octanol–water partition coefficient (Wildman–Crippen LogP) is 3.59. The molecular weight excluding hydrogens is 312 g/mol. The van der Waals surface area contributed by atoms with Gasteiger partial charge in [-0.25, -0.2) is 0 Å². The van der Waals surface area contributed by atoms with Crippen molar-refractivity contribution in [1.82, 2.24) is 9.96 Å². The zero-order valence-corrected chi connectivity index (χ0v) is 15.3. The number of benzene rings is 1.